The molecule has 1 heterocycles. The van der Waals surface area contributed by atoms with Gasteiger partial charge in [0.15, 0.2) is 5.78 Å². The van der Waals surface area contributed by atoms with Gasteiger partial charge in [-0.1, -0.05) is 37.3 Å². The quantitative estimate of drug-likeness (QED) is 0.279. The second kappa shape index (κ2) is 15.4. The molecule has 3 amide bonds. The van der Waals surface area contributed by atoms with E-state index in [4.69, 9.17) is 14.2 Å². The highest BCUT2D eigenvalue weighted by atomic mass is 32.1. The van der Waals surface area contributed by atoms with Crippen molar-refractivity contribution in [1.29, 1.82) is 0 Å². The van der Waals surface area contributed by atoms with Gasteiger partial charge in [-0.3, -0.25) is 19.2 Å². The number of nitrogens with one attached hydrogen (secondary N) is 3. The molecule has 0 spiro atoms. The van der Waals surface area contributed by atoms with Gasteiger partial charge in [0.05, 0.1) is 30.5 Å². The van der Waals surface area contributed by atoms with Crippen molar-refractivity contribution >= 4 is 34.8 Å². The molecule has 0 aliphatic heterocycles. The molecule has 0 radical (unpaired) electrons. The van der Waals surface area contributed by atoms with E-state index in [-0.39, 0.29) is 25.4 Å². The molecule has 0 saturated carbocycles. The zero-order valence-corrected chi connectivity index (χ0v) is 24.1. The highest BCUT2D eigenvalue weighted by molar-refractivity contribution is 7.13. The van der Waals surface area contributed by atoms with Crippen LogP contribution in [-0.2, 0) is 35.0 Å². The molecular weight excluding hydrogens is 524 g/mol. The lowest BCUT2D eigenvalue weighted by atomic mass is 9.88. The number of ketones is 1. The molecule has 1 aromatic heterocycles. The number of methoxy groups -OCH3 is 3. The fraction of sp³-hybridized carbons (Fsp3) is 0.519. The van der Waals surface area contributed by atoms with Crippen molar-refractivity contribution < 1.29 is 33.4 Å². The summed E-state index contributed by atoms with van der Waals surface area (Å²) in [6.07, 6.45) is 2.06. The highest BCUT2D eigenvalue weighted by Gasteiger charge is 2.38. The molecule has 0 bridgehead atoms. The fourth-order valence-electron chi connectivity index (χ4n) is 3.79. The van der Waals surface area contributed by atoms with E-state index in [1.54, 1.807) is 13.8 Å². The summed E-state index contributed by atoms with van der Waals surface area (Å²) < 4.78 is 15.8. The number of hydrogen-bond donors (Lipinski definition) is 3. The summed E-state index contributed by atoms with van der Waals surface area (Å²) in [5.41, 5.74) is -0.269. The Labute approximate surface area is 233 Å². The van der Waals surface area contributed by atoms with Crippen LogP contribution in [0.1, 0.15) is 40.5 Å². The molecule has 0 saturated heterocycles. The molecule has 4 atom stereocenters. The molecule has 11 nitrogen and oxygen atoms in total. The maximum Gasteiger partial charge on any atom is 0.263 e. The predicted molar refractivity (Wildman–Crippen MR) is 147 cm³/mol. The van der Waals surface area contributed by atoms with Crippen LogP contribution in [0.3, 0.4) is 0 Å². The van der Waals surface area contributed by atoms with E-state index in [1.807, 2.05) is 37.3 Å². The first-order valence-corrected chi connectivity index (χ1v) is 13.3. The average molecular weight is 563 g/mol. The van der Waals surface area contributed by atoms with Crippen LogP contribution in [0.5, 0.6) is 0 Å². The van der Waals surface area contributed by atoms with Gasteiger partial charge in [-0.05, 0) is 32.3 Å². The van der Waals surface area contributed by atoms with Gasteiger partial charge in [-0.25, -0.2) is 4.98 Å². The van der Waals surface area contributed by atoms with Crippen molar-refractivity contribution in [3.8, 4) is 0 Å². The van der Waals surface area contributed by atoms with E-state index in [2.05, 4.69) is 20.9 Å². The number of Topliss-reactive ketones (excluding diaryl/α,β-unsaturated/α-hetero) is 1. The van der Waals surface area contributed by atoms with E-state index in [0.717, 1.165) is 5.56 Å². The minimum Gasteiger partial charge on any atom is -0.382 e. The number of carbonyl (C=O) groups excluding carboxylic acids is 4. The first kappa shape index (κ1) is 32.0. The highest BCUT2D eigenvalue weighted by Crippen LogP contribution is 2.19. The summed E-state index contributed by atoms with van der Waals surface area (Å²) in [6.45, 7) is 4.97. The van der Waals surface area contributed by atoms with E-state index in [0.29, 0.717) is 16.3 Å². The molecule has 39 heavy (non-hydrogen) atoms. The maximum atomic E-state index is 13.5. The third-order valence-electron chi connectivity index (χ3n) is 6.33. The molecule has 4 unspecified atom stereocenters. The lowest BCUT2D eigenvalue weighted by Crippen LogP contribution is -2.59. The van der Waals surface area contributed by atoms with Crippen molar-refractivity contribution in [2.45, 2.75) is 57.3 Å². The number of rotatable bonds is 16. The Balaban J connectivity index is 2.21. The number of aromatic nitrogens is 1. The number of amides is 3. The van der Waals surface area contributed by atoms with Gasteiger partial charge >= 0.3 is 0 Å². The molecule has 0 aliphatic rings. The second-order valence-electron chi connectivity index (χ2n) is 9.15. The summed E-state index contributed by atoms with van der Waals surface area (Å²) in [5.74, 6) is -2.05. The topological polar surface area (TPSA) is 145 Å². The SMILES string of the molecule is CCC(C)(OC)C(=O)C(Cc1ccccc1)NC(=O)C(COC)NC(=O)C(COC)NC(=O)c1cnc(C)s1. The number of ether oxygens (including phenoxy) is 3. The maximum absolute atomic E-state index is 13.5. The Morgan fingerprint density at radius 1 is 0.923 bits per heavy atom. The largest absolute Gasteiger partial charge is 0.382 e. The Morgan fingerprint density at radius 3 is 1.97 bits per heavy atom. The second-order valence-corrected chi connectivity index (χ2v) is 10.4. The number of nitrogens with zero attached hydrogens (tertiary/aromatic N) is 1. The van der Waals surface area contributed by atoms with Gasteiger partial charge < -0.3 is 30.2 Å². The van der Waals surface area contributed by atoms with Crippen LogP contribution < -0.4 is 16.0 Å². The number of hydrogen-bond acceptors (Lipinski definition) is 9. The molecule has 2 rings (SSSR count). The molecule has 0 fully saturated rings. The van der Waals surface area contributed by atoms with E-state index in [9.17, 15) is 19.2 Å². The van der Waals surface area contributed by atoms with Gasteiger partial charge in [0, 0.05) is 21.3 Å². The molecular formula is C27H38N4O7S. The fourth-order valence-corrected chi connectivity index (χ4v) is 4.47. The van der Waals surface area contributed by atoms with Gasteiger partial charge in [-0.15, -0.1) is 11.3 Å². The van der Waals surface area contributed by atoms with Crippen LogP contribution in [0.25, 0.3) is 0 Å². The van der Waals surface area contributed by atoms with Crippen LogP contribution in [0.2, 0.25) is 0 Å². The monoisotopic (exact) mass is 562 g/mol. The van der Waals surface area contributed by atoms with Crippen LogP contribution in [-0.4, -0.2) is 86.8 Å². The van der Waals surface area contributed by atoms with Gasteiger partial charge in [0.25, 0.3) is 5.91 Å². The molecule has 0 aliphatic carbocycles. The van der Waals surface area contributed by atoms with Crippen LogP contribution in [0, 0.1) is 6.92 Å². The summed E-state index contributed by atoms with van der Waals surface area (Å²) in [7, 11) is 4.23. The summed E-state index contributed by atoms with van der Waals surface area (Å²) in [4.78, 5) is 57.0. The van der Waals surface area contributed by atoms with Crippen molar-refractivity contribution in [2.24, 2.45) is 0 Å². The smallest absolute Gasteiger partial charge is 0.263 e. The Kier molecular flexibility index (Phi) is 12.7. The van der Waals surface area contributed by atoms with Gasteiger partial charge in [-0.2, -0.15) is 0 Å². The lowest BCUT2D eigenvalue weighted by Gasteiger charge is -2.31. The van der Waals surface area contributed by atoms with Gasteiger partial charge in [0.1, 0.15) is 22.6 Å². The number of thiazole rings is 1. The Morgan fingerprint density at radius 2 is 1.49 bits per heavy atom. The zero-order chi connectivity index (χ0) is 29.0. The molecule has 1 aromatic carbocycles. The van der Waals surface area contributed by atoms with Crippen molar-refractivity contribution in [2.75, 3.05) is 34.5 Å². The van der Waals surface area contributed by atoms with E-state index in [1.165, 1.54) is 38.9 Å². The minimum atomic E-state index is -1.15. The first-order valence-electron chi connectivity index (χ1n) is 12.5. The van der Waals surface area contributed by atoms with Crippen molar-refractivity contribution in [3.05, 3.63) is 52.0 Å². The Bertz CT molecular complexity index is 1100. The lowest BCUT2D eigenvalue weighted by molar-refractivity contribution is -0.144. The minimum absolute atomic E-state index is 0.130. The average Bonchev–Trinajstić information content (AvgIpc) is 3.38. The summed E-state index contributed by atoms with van der Waals surface area (Å²) >= 11 is 1.19. The number of benzene rings is 1. The van der Waals surface area contributed by atoms with E-state index >= 15 is 0 Å². The predicted octanol–water partition coefficient (Wildman–Crippen LogP) is 1.44. The molecule has 3 N–H and O–H groups in total. The van der Waals surface area contributed by atoms with Crippen molar-refractivity contribution in [1.82, 2.24) is 20.9 Å². The summed E-state index contributed by atoms with van der Waals surface area (Å²) in [6, 6.07) is 6.12. The molecule has 2 aromatic rings. The van der Waals surface area contributed by atoms with Gasteiger partial charge in [0.2, 0.25) is 11.8 Å². The third-order valence-corrected chi connectivity index (χ3v) is 7.24. The third kappa shape index (κ3) is 9.20. The summed E-state index contributed by atoms with van der Waals surface area (Å²) in [5, 5.41) is 8.71. The molecule has 12 heteroatoms. The standard InChI is InChI=1S/C27H38N4O7S/c1-7-27(3,38-6)23(32)19(13-18-11-9-8-10-12-18)29-24(33)20(15-36-4)30-25(34)21(16-37-5)31-26(35)22-14-28-17(2)39-22/h8-12,14,19-21H,7,13,15-16H2,1-6H3,(H,29,33)(H,30,34)(H,31,35). The van der Waals surface area contributed by atoms with Crippen molar-refractivity contribution in [3.63, 3.8) is 0 Å². The first-order chi connectivity index (χ1) is 18.6. The number of aryl methyl sites for hydroxylation is 1. The Hall–Kier alpha value is -3.19. The van der Waals surface area contributed by atoms with Crippen LogP contribution in [0.4, 0.5) is 0 Å². The number of carbonyl (C=O) groups is 4. The molecule has 214 valence electrons. The zero-order valence-electron chi connectivity index (χ0n) is 23.2. The van der Waals surface area contributed by atoms with Crippen LogP contribution in [0.15, 0.2) is 36.5 Å². The van der Waals surface area contributed by atoms with E-state index < -0.39 is 41.4 Å². The van der Waals surface area contributed by atoms with Crippen LogP contribution >= 0.6 is 11.3 Å². The normalized spacial score (nSPS) is 14.9.